The van der Waals surface area contributed by atoms with E-state index in [9.17, 15) is 19.5 Å². The van der Waals surface area contributed by atoms with Crippen molar-refractivity contribution < 1.29 is 53.8 Å². The van der Waals surface area contributed by atoms with Crippen molar-refractivity contribution >= 4 is 17.9 Å². The molecule has 0 rings (SSSR count). The number of hydrogen-bond donors (Lipinski definition) is 1. The van der Waals surface area contributed by atoms with E-state index in [4.69, 9.17) is 5.73 Å². The van der Waals surface area contributed by atoms with Crippen LogP contribution in [0.25, 0.3) is 0 Å². The van der Waals surface area contributed by atoms with Gasteiger partial charge < -0.3 is 20.4 Å². The first-order chi connectivity index (χ1) is 10.5. The zero-order valence-corrected chi connectivity index (χ0v) is 16.1. The molecule has 0 aliphatic carbocycles. The van der Waals surface area contributed by atoms with Crippen molar-refractivity contribution in [3.63, 3.8) is 0 Å². The number of unbranched alkanes of at least 4 members (excludes halogenated alkanes) is 6. The molecule has 0 unspecified atom stereocenters. The summed E-state index contributed by atoms with van der Waals surface area (Å²) >= 11 is 0. The van der Waals surface area contributed by atoms with Gasteiger partial charge in [0.05, 0.1) is 0 Å². The van der Waals surface area contributed by atoms with Gasteiger partial charge in [-0.2, -0.15) is 0 Å². The smallest absolute Gasteiger partial charge is 0.550 e. The molecule has 6 nitrogen and oxygen atoms in total. The number of rotatable bonds is 13. The van der Waals surface area contributed by atoms with Crippen LogP contribution in [0.1, 0.15) is 64.2 Å². The number of aliphatic carboxylic acids is 1. The predicted molar refractivity (Wildman–Crippen MR) is 80.4 cm³/mol. The quantitative estimate of drug-likeness (QED) is 0.140. The summed E-state index contributed by atoms with van der Waals surface area (Å²) in [5.74, 6) is -2.78. The van der Waals surface area contributed by atoms with Gasteiger partial charge in [-0.3, -0.25) is 4.79 Å². The van der Waals surface area contributed by atoms with Crippen LogP contribution in [0.3, 0.4) is 0 Å². The molecule has 0 aliphatic rings. The molecule has 0 saturated heterocycles. The van der Waals surface area contributed by atoms with Crippen LogP contribution in [-0.4, -0.2) is 23.9 Å². The largest absolute Gasteiger partial charge is 1.00 e. The third-order valence-corrected chi connectivity index (χ3v) is 3.22. The van der Waals surface area contributed by atoms with Crippen molar-refractivity contribution in [2.75, 3.05) is 0 Å². The average molecular weight is 335 g/mol. The molecule has 0 amide bonds. The molecule has 1 atom stereocenters. The molecule has 0 aromatic carbocycles. The second-order valence-electron chi connectivity index (χ2n) is 5.26. The van der Waals surface area contributed by atoms with Crippen molar-refractivity contribution in [1.29, 1.82) is 0 Å². The second-order valence-corrected chi connectivity index (χ2v) is 5.26. The van der Waals surface area contributed by atoms with Gasteiger partial charge in [-0.15, -0.1) is 6.58 Å². The van der Waals surface area contributed by atoms with Crippen LogP contribution in [0.4, 0.5) is 0 Å². The summed E-state index contributed by atoms with van der Waals surface area (Å²) in [5, 5.41) is 10.2. The van der Waals surface area contributed by atoms with E-state index in [1.54, 1.807) is 0 Å². The van der Waals surface area contributed by atoms with Gasteiger partial charge in [0.15, 0.2) is 0 Å². The Kier molecular flexibility index (Phi) is 17.3. The van der Waals surface area contributed by atoms with Crippen LogP contribution in [0.5, 0.6) is 0 Å². The number of ether oxygens (including phenoxy) is 1. The minimum absolute atomic E-state index is 0. The maximum Gasteiger partial charge on any atom is 1.00 e. The SMILES string of the molecule is C=CCCCCCCCCC(=O)OC(=O)[C@@H](N)CCC(=O)[O-].[Na+]. The third-order valence-electron chi connectivity index (χ3n) is 3.22. The molecule has 0 aromatic rings. The number of hydrogen-bond acceptors (Lipinski definition) is 6. The van der Waals surface area contributed by atoms with Crippen LogP contribution in [0.2, 0.25) is 0 Å². The molecule has 23 heavy (non-hydrogen) atoms. The number of nitrogens with two attached hydrogens (primary N) is 1. The predicted octanol–water partition coefficient (Wildman–Crippen LogP) is -1.78. The maximum atomic E-state index is 11.4. The molecule has 0 aliphatic heterocycles. The summed E-state index contributed by atoms with van der Waals surface area (Å²) < 4.78 is 4.58. The van der Waals surface area contributed by atoms with Gasteiger partial charge in [-0.05, 0) is 32.1 Å². The molecule has 0 bridgehead atoms. The minimum Gasteiger partial charge on any atom is -0.550 e. The third kappa shape index (κ3) is 16.0. The first kappa shape index (κ1) is 24.6. The summed E-state index contributed by atoms with van der Waals surface area (Å²) in [6.07, 6.45) is 8.72. The summed E-state index contributed by atoms with van der Waals surface area (Å²) in [6.45, 7) is 3.66. The van der Waals surface area contributed by atoms with Gasteiger partial charge in [-0.1, -0.05) is 31.8 Å². The molecule has 0 fully saturated rings. The average Bonchev–Trinajstić information content (AvgIpc) is 2.47. The number of carbonyl (C=O) groups is 3. The monoisotopic (exact) mass is 335 g/mol. The van der Waals surface area contributed by atoms with Crippen LogP contribution in [-0.2, 0) is 19.1 Å². The first-order valence-corrected chi connectivity index (χ1v) is 7.78. The molecular formula is C16H26NNaO5. The van der Waals surface area contributed by atoms with Crippen molar-refractivity contribution in [1.82, 2.24) is 0 Å². The Bertz CT molecular complexity index is 373. The summed E-state index contributed by atoms with van der Waals surface area (Å²) in [5.41, 5.74) is 5.42. The minimum atomic E-state index is -1.29. The van der Waals surface area contributed by atoms with E-state index in [0.29, 0.717) is 6.42 Å². The van der Waals surface area contributed by atoms with Gasteiger partial charge in [0.25, 0.3) is 0 Å². The molecule has 2 N–H and O–H groups in total. The summed E-state index contributed by atoms with van der Waals surface area (Å²) in [4.78, 5) is 33.1. The Morgan fingerprint density at radius 2 is 1.61 bits per heavy atom. The van der Waals surface area contributed by atoms with Gasteiger partial charge >= 0.3 is 41.5 Å². The van der Waals surface area contributed by atoms with E-state index >= 15 is 0 Å². The number of carboxylic acid groups (broad SMARTS) is 1. The van der Waals surface area contributed by atoms with Gasteiger partial charge in [0.1, 0.15) is 6.04 Å². The second kappa shape index (κ2) is 16.2. The van der Waals surface area contributed by atoms with Crippen LogP contribution < -0.4 is 40.4 Å². The topological polar surface area (TPSA) is 110 Å². The molecule has 0 aromatic heterocycles. The van der Waals surface area contributed by atoms with E-state index in [-0.39, 0.29) is 48.8 Å². The van der Waals surface area contributed by atoms with Crippen molar-refractivity contribution in [2.45, 2.75) is 70.3 Å². The Labute approximate surface area is 160 Å². The fourth-order valence-corrected chi connectivity index (χ4v) is 1.90. The first-order valence-electron chi connectivity index (χ1n) is 7.78. The number of carboxylic acids is 1. The van der Waals surface area contributed by atoms with E-state index in [2.05, 4.69) is 11.3 Å². The Morgan fingerprint density at radius 3 is 2.17 bits per heavy atom. The fraction of sp³-hybridized carbons (Fsp3) is 0.688. The Hall–Kier alpha value is -0.690. The molecule has 0 heterocycles. The maximum absolute atomic E-state index is 11.4. The Balaban J connectivity index is 0. The van der Waals surface area contributed by atoms with E-state index in [1.165, 1.54) is 0 Å². The standard InChI is InChI=1S/C16H27NO5.Na/c1-2-3-4-5-6-7-8-9-10-15(20)22-16(21)13(17)11-12-14(18)19;/h2,13H,1,3-12,17H2,(H,18,19);/q;+1/p-1/t13-;/m0./s1. The number of allylic oxidation sites excluding steroid dienone is 1. The van der Waals surface area contributed by atoms with Crippen molar-refractivity contribution in [2.24, 2.45) is 5.73 Å². The van der Waals surface area contributed by atoms with E-state index in [1.807, 2.05) is 6.08 Å². The molecule has 0 saturated carbocycles. The van der Waals surface area contributed by atoms with Gasteiger partial charge in [0.2, 0.25) is 0 Å². The fourth-order valence-electron chi connectivity index (χ4n) is 1.90. The van der Waals surface area contributed by atoms with Crippen molar-refractivity contribution in [3.05, 3.63) is 12.7 Å². The zero-order chi connectivity index (χ0) is 16.8. The van der Waals surface area contributed by atoms with Crippen LogP contribution in [0.15, 0.2) is 12.7 Å². The summed E-state index contributed by atoms with van der Waals surface area (Å²) in [6, 6.07) is -1.10. The van der Waals surface area contributed by atoms with Crippen molar-refractivity contribution in [3.8, 4) is 0 Å². The van der Waals surface area contributed by atoms with Crippen LogP contribution >= 0.6 is 0 Å². The van der Waals surface area contributed by atoms with Gasteiger partial charge in [0, 0.05) is 12.4 Å². The molecule has 126 valence electrons. The van der Waals surface area contributed by atoms with E-state index in [0.717, 1.165) is 38.5 Å². The molecular weight excluding hydrogens is 309 g/mol. The summed E-state index contributed by atoms with van der Waals surface area (Å²) in [7, 11) is 0. The number of esters is 2. The molecule has 0 spiro atoms. The zero-order valence-electron chi connectivity index (χ0n) is 14.1. The normalized spacial score (nSPS) is 11.2. The number of carbonyl (C=O) groups excluding carboxylic acids is 3. The van der Waals surface area contributed by atoms with Gasteiger partial charge in [-0.25, -0.2) is 4.79 Å². The Morgan fingerprint density at radius 1 is 1.04 bits per heavy atom. The van der Waals surface area contributed by atoms with Crippen LogP contribution in [0, 0.1) is 0 Å². The van der Waals surface area contributed by atoms with E-state index < -0.39 is 23.9 Å². The molecule has 7 heteroatoms. The molecule has 0 radical (unpaired) electrons.